The minimum absolute atomic E-state index is 0.498. The molecule has 0 aliphatic carbocycles. The van der Waals surface area contributed by atoms with Crippen molar-refractivity contribution in [3.63, 3.8) is 0 Å². The Bertz CT molecular complexity index is 786. The maximum Gasteiger partial charge on any atom is 0.0956 e. The minimum atomic E-state index is 0.498. The molecule has 0 bridgehead atoms. The van der Waals surface area contributed by atoms with E-state index in [1.807, 2.05) is 25.1 Å². The quantitative estimate of drug-likeness (QED) is 0.535. The van der Waals surface area contributed by atoms with Crippen LogP contribution in [0.3, 0.4) is 0 Å². The number of nitrogens with one attached hydrogen (secondary N) is 1. The number of H-pyrrole nitrogens is 1. The second-order valence-corrected chi connectivity index (χ2v) is 6.46. The summed E-state index contributed by atoms with van der Waals surface area (Å²) >= 11 is 24.1. The van der Waals surface area contributed by atoms with Gasteiger partial charge in [0, 0.05) is 16.7 Å². The maximum absolute atomic E-state index is 6.08. The first-order chi connectivity index (χ1) is 10.5. The SMILES string of the molecule is Cc1c(-c2ccc(Cl)c(Cl)c2)n[nH]c1-c1ccc(Cl)c(Cl)c1. The van der Waals surface area contributed by atoms with E-state index in [9.17, 15) is 0 Å². The van der Waals surface area contributed by atoms with Crippen molar-refractivity contribution in [1.29, 1.82) is 0 Å². The highest BCUT2D eigenvalue weighted by molar-refractivity contribution is 6.42. The average Bonchev–Trinajstić information content (AvgIpc) is 2.87. The Morgan fingerprint density at radius 2 is 1.32 bits per heavy atom. The molecule has 112 valence electrons. The molecule has 0 amide bonds. The van der Waals surface area contributed by atoms with Gasteiger partial charge in [0.05, 0.1) is 31.5 Å². The summed E-state index contributed by atoms with van der Waals surface area (Å²) in [5, 5.41) is 9.46. The van der Waals surface area contributed by atoms with E-state index in [1.54, 1.807) is 18.2 Å². The molecule has 1 N–H and O–H groups in total. The predicted octanol–water partition coefficient (Wildman–Crippen LogP) is 6.67. The number of rotatable bonds is 2. The van der Waals surface area contributed by atoms with E-state index in [1.165, 1.54) is 0 Å². The van der Waals surface area contributed by atoms with Gasteiger partial charge in [-0.2, -0.15) is 5.10 Å². The van der Waals surface area contributed by atoms with Crippen molar-refractivity contribution < 1.29 is 0 Å². The third-order valence-corrected chi connectivity index (χ3v) is 4.89. The zero-order chi connectivity index (χ0) is 15.9. The van der Waals surface area contributed by atoms with Crippen molar-refractivity contribution >= 4 is 46.4 Å². The van der Waals surface area contributed by atoms with Crippen LogP contribution in [0.25, 0.3) is 22.5 Å². The van der Waals surface area contributed by atoms with Crippen LogP contribution in [-0.2, 0) is 0 Å². The summed E-state index contributed by atoms with van der Waals surface area (Å²) in [6.07, 6.45) is 0. The van der Waals surface area contributed by atoms with Crippen LogP contribution in [-0.4, -0.2) is 10.2 Å². The Kier molecular flexibility index (Phi) is 4.37. The number of halogens is 4. The first-order valence-corrected chi connectivity index (χ1v) is 7.94. The zero-order valence-electron chi connectivity index (χ0n) is 11.4. The van der Waals surface area contributed by atoms with E-state index < -0.39 is 0 Å². The molecule has 3 rings (SSSR count). The van der Waals surface area contributed by atoms with Crippen molar-refractivity contribution in [3.05, 3.63) is 62.1 Å². The fourth-order valence-corrected chi connectivity index (χ4v) is 2.85. The Balaban J connectivity index is 2.08. The summed E-state index contributed by atoms with van der Waals surface area (Å²) in [6, 6.07) is 10.9. The van der Waals surface area contributed by atoms with Crippen molar-refractivity contribution in [2.45, 2.75) is 6.92 Å². The second-order valence-electron chi connectivity index (χ2n) is 4.83. The van der Waals surface area contributed by atoms with Crippen LogP contribution in [0.1, 0.15) is 5.56 Å². The topological polar surface area (TPSA) is 28.7 Å². The summed E-state index contributed by atoms with van der Waals surface area (Å²) in [5.74, 6) is 0. The van der Waals surface area contributed by atoms with E-state index in [2.05, 4.69) is 10.2 Å². The van der Waals surface area contributed by atoms with Gasteiger partial charge in [0.1, 0.15) is 0 Å². The Labute approximate surface area is 148 Å². The molecule has 1 heterocycles. The molecule has 0 aliphatic heterocycles. The van der Waals surface area contributed by atoms with Crippen LogP contribution in [0.2, 0.25) is 20.1 Å². The molecule has 0 radical (unpaired) electrons. The highest BCUT2D eigenvalue weighted by Crippen LogP contribution is 2.34. The van der Waals surface area contributed by atoms with Crippen molar-refractivity contribution in [1.82, 2.24) is 10.2 Å². The highest BCUT2D eigenvalue weighted by Gasteiger charge is 2.14. The Morgan fingerprint density at radius 3 is 1.91 bits per heavy atom. The number of aromatic amines is 1. The van der Waals surface area contributed by atoms with E-state index >= 15 is 0 Å². The molecule has 0 spiro atoms. The first kappa shape index (κ1) is 15.7. The number of hydrogen-bond acceptors (Lipinski definition) is 1. The fraction of sp³-hybridized carbons (Fsp3) is 0.0625. The molecule has 22 heavy (non-hydrogen) atoms. The fourth-order valence-electron chi connectivity index (χ4n) is 2.26. The summed E-state index contributed by atoms with van der Waals surface area (Å²) in [4.78, 5) is 0. The minimum Gasteiger partial charge on any atom is -0.277 e. The molecule has 0 aliphatic rings. The van der Waals surface area contributed by atoms with Crippen LogP contribution in [0.5, 0.6) is 0 Å². The number of benzene rings is 2. The van der Waals surface area contributed by atoms with Gasteiger partial charge in [0.15, 0.2) is 0 Å². The molecular weight excluding hydrogens is 362 g/mol. The lowest BCUT2D eigenvalue weighted by molar-refractivity contribution is 1.10. The van der Waals surface area contributed by atoms with Crippen LogP contribution >= 0.6 is 46.4 Å². The molecule has 0 saturated heterocycles. The largest absolute Gasteiger partial charge is 0.277 e. The smallest absolute Gasteiger partial charge is 0.0956 e. The third-order valence-electron chi connectivity index (χ3n) is 3.41. The summed E-state index contributed by atoms with van der Waals surface area (Å²) in [7, 11) is 0. The summed E-state index contributed by atoms with van der Waals surface area (Å²) in [5.41, 5.74) is 4.52. The monoisotopic (exact) mass is 370 g/mol. The second kappa shape index (κ2) is 6.13. The molecule has 6 heteroatoms. The lowest BCUT2D eigenvalue weighted by atomic mass is 10.0. The van der Waals surface area contributed by atoms with Crippen molar-refractivity contribution in [2.75, 3.05) is 0 Å². The maximum atomic E-state index is 6.08. The van der Waals surface area contributed by atoms with Crippen LogP contribution in [0.4, 0.5) is 0 Å². The van der Waals surface area contributed by atoms with Crippen LogP contribution in [0.15, 0.2) is 36.4 Å². The molecule has 3 aromatic rings. The Morgan fingerprint density at radius 1 is 0.773 bits per heavy atom. The van der Waals surface area contributed by atoms with Gasteiger partial charge in [-0.15, -0.1) is 0 Å². The van der Waals surface area contributed by atoms with Gasteiger partial charge in [-0.25, -0.2) is 0 Å². The van der Waals surface area contributed by atoms with Gasteiger partial charge >= 0.3 is 0 Å². The van der Waals surface area contributed by atoms with Gasteiger partial charge in [-0.3, -0.25) is 5.10 Å². The number of aromatic nitrogens is 2. The predicted molar refractivity (Wildman–Crippen MR) is 94.2 cm³/mol. The molecular formula is C16H10Cl4N2. The standard InChI is InChI=1S/C16H10Cl4N2/c1-8-15(9-2-4-11(17)13(19)6-9)21-22-16(8)10-3-5-12(18)14(20)7-10/h2-7H,1H3,(H,21,22). The van der Waals surface area contributed by atoms with Gasteiger partial charge < -0.3 is 0 Å². The summed E-state index contributed by atoms with van der Waals surface area (Å²) < 4.78 is 0. The third kappa shape index (κ3) is 2.84. The van der Waals surface area contributed by atoms with Gasteiger partial charge in [-0.05, 0) is 31.2 Å². The number of nitrogens with zero attached hydrogens (tertiary/aromatic N) is 1. The van der Waals surface area contributed by atoms with Crippen molar-refractivity contribution in [3.8, 4) is 22.5 Å². The lowest BCUT2D eigenvalue weighted by Gasteiger charge is -2.04. The summed E-state index contributed by atoms with van der Waals surface area (Å²) in [6.45, 7) is 1.99. The van der Waals surface area contributed by atoms with Crippen LogP contribution < -0.4 is 0 Å². The average molecular weight is 372 g/mol. The molecule has 0 atom stereocenters. The van der Waals surface area contributed by atoms with Gasteiger partial charge in [-0.1, -0.05) is 58.5 Å². The highest BCUT2D eigenvalue weighted by atomic mass is 35.5. The molecule has 2 aromatic carbocycles. The molecule has 0 fully saturated rings. The molecule has 2 nitrogen and oxygen atoms in total. The van der Waals surface area contributed by atoms with Gasteiger partial charge in [0.25, 0.3) is 0 Å². The van der Waals surface area contributed by atoms with E-state index in [-0.39, 0.29) is 0 Å². The molecule has 0 unspecified atom stereocenters. The van der Waals surface area contributed by atoms with Crippen molar-refractivity contribution in [2.24, 2.45) is 0 Å². The first-order valence-electron chi connectivity index (χ1n) is 6.43. The van der Waals surface area contributed by atoms with Gasteiger partial charge in [0.2, 0.25) is 0 Å². The molecule has 0 saturated carbocycles. The Hall–Kier alpha value is -1.19. The normalized spacial score (nSPS) is 11.0. The zero-order valence-corrected chi connectivity index (χ0v) is 14.4. The van der Waals surface area contributed by atoms with E-state index in [0.29, 0.717) is 20.1 Å². The van der Waals surface area contributed by atoms with E-state index in [4.69, 9.17) is 46.4 Å². The van der Waals surface area contributed by atoms with E-state index in [0.717, 1.165) is 28.1 Å². The van der Waals surface area contributed by atoms with Crippen LogP contribution in [0, 0.1) is 6.92 Å². The number of hydrogen-bond donors (Lipinski definition) is 1. The molecule has 1 aromatic heterocycles. The lowest BCUT2D eigenvalue weighted by Crippen LogP contribution is -1.83.